The Balaban J connectivity index is 0.00000529. The topological polar surface area (TPSA) is 88.0 Å². The van der Waals surface area contributed by atoms with Crippen LogP contribution in [0.4, 0.5) is 0 Å². The monoisotopic (exact) mass is 345 g/mol. The molecule has 0 heterocycles. The summed E-state index contributed by atoms with van der Waals surface area (Å²) in [6.07, 6.45) is 2.70. The van der Waals surface area contributed by atoms with Gasteiger partial charge in [-0.15, -0.1) is 5.76 Å². The van der Waals surface area contributed by atoms with Crippen LogP contribution in [0.25, 0.3) is 0 Å². The molecule has 0 aliphatic heterocycles. The zero-order valence-electron chi connectivity index (χ0n) is 15.2. The molecule has 0 radical (unpaired) electrons. The van der Waals surface area contributed by atoms with Gasteiger partial charge in [-0.05, 0) is 11.8 Å². The summed E-state index contributed by atoms with van der Waals surface area (Å²) in [4.78, 5) is 29.5. The molecule has 0 aromatic heterocycles. The fraction of sp³-hybridized carbons (Fsp3) is 0.588. The Labute approximate surface area is 165 Å². The number of Topliss-reactive ketones (excluding diaryl/α,β-unsaturated/α-hetero) is 1. The van der Waals surface area contributed by atoms with Crippen LogP contribution in [0.15, 0.2) is 29.1 Å². The molecular weight excluding hydrogens is 321 g/mol. The van der Waals surface area contributed by atoms with Gasteiger partial charge in [0.1, 0.15) is 6.61 Å². The summed E-state index contributed by atoms with van der Waals surface area (Å²) in [6, 6.07) is 0. The molecule has 0 aromatic rings. The predicted octanol–water partition coefficient (Wildman–Crippen LogP) is -1.25. The van der Waals surface area contributed by atoms with Gasteiger partial charge in [-0.25, -0.2) is 0 Å². The first kappa shape index (κ1) is 22.9. The largest absolute Gasteiger partial charge is 1.00 e. The van der Waals surface area contributed by atoms with Crippen molar-refractivity contribution in [1.82, 2.24) is 0 Å². The molecule has 1 aliphatic carbocycles. The summed E-state index contributed by atoms with van der Waals surface area (Å²) in [5.74, 6) is -2.49. The molecule has 1 aliphatic rings. The van der Waals surface area contributed by atoms with Crippen LogP contribution in [0.2, 0.25) is 0 Å². The number of ether oxygens (including phenoxy) is 1. The third kappa shape index (κ3) is 5.19. The van der Waals surface area contributed by atoms with E-state index in [0.717, 1.165) is 0 Å². The van der Waals surface area contributed by atoms with E-state index in [4.69, 9.17) is 9.57 Å². The van der Waals surface area contributed by atoms with E-state index in [9.17, 15) is 14.7 Å². The van der Waals surface area contributed by atoms with E-state index in [-0.39, 0.29) is 59.7 Å². The summed E-state index contributed by atoms with van der Waals surface area (Å²) in [7, 11) is 1.23. The van der Waals surface area contributed by atoms with Crippen LogP contribution >= 0.6 is 0 Å². The summed E-state index contributed by atoms with van der Waals surface area (Å²) < 4.78 is 4.75. The van der Waals surface area contributed by atoms with E-state index in [1.807, 2.05) is 6.92 Å². The first-order chi connectivity index (χ1) is 10.8. The Morgan fingerprint density at radius 1 is 1.50 bits per heavy atom. The van der Waals surface area contributed by atoms with E-state index in [0.29, 0.717) is 12.8 Å². The summed E-state index contributed by atoms with van der Waals surface area (Å²) >= 11 is 0. The number of rotatable bonds is 7. The number of nitrogens with zero attached hydrogens (tertiary/aromatic N) is 1. The molecule has 0 bridgehead atoms. The van der Waals surface area contributed by atoms with Crippen molar-refractivity contribution in [1.29, 1.82) is 0 Å². The van der Waals surface area contributed by atoms with Crippen LogP contribution in [-0.2, 0) is 19.2 Å². The van der Waals surface area contributed by atoms with Crippen LogP contribution in [0.1, 0.15) is 40.0 Å². The molecule has 0 N–H and O–H groups in total. The molecule has 0 saturated carbocycles. The number of methoxy groups -OCH3 is 1. The number of hydrogen-bond acceptors (Lipinski definition) is 6. The normalized spacial score (nSPS) is 20.2. The number of oxime groups is 1. The van der Waals surface area contributed by atoms with E-state index >= 15 is 0 Å². The quantitative estimate of drug-likeness (QED) is 0.144. The van der Waals surface area contributed by atoms with Crippen LogP contribution < -0.4 is 34.7 Å². The molecule has 0 fully saturated rings. The average molecular weight is 345 g/mol. The maximum absolute atomic E-state index is 12.8. The van der Waals surface area contributed by atoms with Crippen LogP contribution in [0, 0.1) is 11.3 Å². The summed E-state index contributed by atoms with van der Waals surface area (Å²) in [6.45, 7) is 9.03. The molecule has 1 atom stereocenters. The number of ketones is 1. The molecule has 1 rings (SSSR count). The third-order valence-corrected chi connectivity index (χ3v) is 3.76. The van der Waals surface area contributed by atoms with Gasteiger partial charge in [-0.3, -0.25) is 9.59 Å². The molecule has 0 aromatic carbocycles. The SMILES string of the molecule is C=CCON=C(CCC)C1=C([O-])C(C(=O)OC)C(C)(C)CC1=O.[Na+]. The first-order valence-corrected chi connectivity index (χ1v) is 7.62. The number of carbonyl (C=O) groups excluding carboxylic acids is 2. The molecule has 0 amide bonds. The number of esters is 1. The Bertz CT molecular complexity index is 551. The Morgan fingerprint density at radius 2 is 2.12 bits per heavy atom. The van der Waals surface area contributed by atoms with E-state index in [1.54, 1.807) is 13.8 Å². The van der Waals surface area contributed by atoms with Gasteiger partial charge in [0.25, 0.3) is 0 Å². The van der Waals surface area contributed by atoms with Crippen LogP contribution in [0.5, 0.6) is 0 Å². The van der Waals surface area contributed by atoms with Crippen LogP contribution in [-0.4, -0.2) is 31.2 Å². The minimum Gasteiger partial charge on any atom is -0.874 e. The number of allylic oxidation sites excluding steroid dienone is 1. The Kier molecular flexibility index (Phi) is 9.55. The zero-order valence-corrected chi connectivity index (χ0v) is 17.2. The van der Waals surface area contributed by atoms with Crippen LogP contribution in [0.3, 0.4) is 0 Å². The second-order valence-corrected chi connectivity index (χ2v) is 6.16. The van der Waals surface area contributed by atoms with Gasteiger partial charge in [0.15, 0.2) is 5.78 Å². The fourth-order valence-corrected chi connectivity index (χ4v) is 2.71. The average Bonchev–Trinajstić information content (AvgIpc) is 2.45. The minimum atomic E-state index is -1.01. The number of carbonyl (C=O) groups is 2. The molecular formula is C17H24NNaO5. The van der Waals surface area contributed by atoms with Crippen molar-refractivity contribution in [2.24, 2.45) is 16.5 Å². The summed E-state index contributed by atoms with van der Waals surface area (Å²) in [5, 5.41) is 16.7. The Morgan fingerprint density at radius 3 is 2.62 bits per heavy atom. The molecule has 6 nitrogen and oxygen atoms in total. The molecule has 0 saturated heterocycles. The van der Waals surface area contributed by atoms with Gasteiger partial charge in [0, 0.05) is 12.0 Å². The summed E-state index contributed by atoms with van der Waals surface area (Å²) in [5.41, 5.74) is -0.538. The van der Waals surface area contributed by atoms with Crippen molar-refractivity contribution in [3.05, 3.63) is 24.0 Å². The Hall–Kier alpha value is -1.11. The molecule has 128 valence electrons. The van der Waals surface area contributed by atoms with Crippen molar-refractivity contribution in [3.63, 3.8) is 0 Å². The van der Waals surface area contributed by atoms with Gasteiger partial charge >= 0.3 is 35.5 Å². The van der Waals surface area contributed by atoms with Gasteiger partial charge in [-0.1, -0.05) is 45.0 Å². The minimum absolute atomic E-state index is 0. The molecule has 7 heteroatoms. The standard InChI is InChI=1S/C17H25NO5.Na/c1-6-8-11(18-23-9-7-2)13-12(19)10-17(3,4)14(15(13)20)16(21)22-5;/h7,14,20H,2,6,8-10H2,1,3-5H3;/q;+1/p-1. The number of hydrogen-bond donors (Lipinski definition) is 0. The molecule has 1 unspecified atom stereocenters. The van der Waals surface area contributed by atoms with E-state index < -0.39 is 23.1 Å². The van der Waals surface area contributed by atoms with Gasteiger partial charge in [0.05, 0.1) is 18.7 Å². The van der Waals surface area contributed by atoms with Gasteiger partial charge in [0.2, 0.25) is 0 Å². The van der Waals surface area contributed by atoms with Crippen molar-refractivity contribution >= 4 is 17.5 Å². The van der Waals surface area contributed by atoms with Gasteiger partial charge in [-0.2, -0.15) is 0 Å². The third-order valence-electron chi connectivity index (χ3n) is 3.76. The van der Waals surface area contributed by atoms with E-state index in [1.165, 1.54) is 13.2 Å². The fourth-order valence-electron chi connectivity index (χ4n) is 2.71. The van der Waals surface area contributed by atoms with Crippen molar-refractivity contribution in [2.45, 2.75) is 40.0 Å². The van der Waals surface area contributed by atoms with Crippen molar-refractivity contribution in [3.8, 4) is 0 Å². The predicted molar refractivity (Wildman–Crippen MR) is 84.4 cm³/mol. The van der Waals surface area contributed by atoms with Gasteiger partial charge < -0.3 is 14.7 Å². The maximum atomic E-state index is 12.8. The van der Waals surface area contributed by atoms with Crippen molar-refractivity contribution < 1.29 is 53.8 Å². The molecule has 24 heavy (non-hydrogen) atoms. The van der Waals surface area contributed by atoms with Crippen molar-refractivity contribution in [2.75, 3.05) is 13.7 Å². The van der Waals surface area contributed by atoms with E-state index in [2.05, 4.69) is 11.7 Å². The maximum Gasteiger partial charge on any atom is 1.00 e. The molecule has 0 spiro atoms. The smallest absolute Gasteiger partial charge is 0.874 e. The first-order valence-electron chi connectivity index (χ1n) is 7.62. The second-order valence-electron chi connectivity index (χ2n) is 6.16. The second kappa shape index (κ2) is 10.0. The zero-order chi connectivity index (χ0) is 17.6.